The summed E-state index contributed by atoms with van der Waals surface area (Å²) in [5, 5.41) is 12.3. The van der Waals surface area contributed by atoms with Gasteiger partial charge >= 0.3 is 0 Å². The van der Waals surface area contributed by atoms with Crippen LogP contribution in [0, 0.1) is 11.3 Å². The van der Waals surface area contributed by atoms with E-state index in [4.69, 9.17) is 28.5 Å². The number of nitriles is 1. The van der Waals surface area contributed by atoms with E-state index in [0.717, 1.165) is 0 Å². The van der Waals surface area contributed by atoms with E-state index in [1.807, 2.05) is 6.07 Å². The molecule has 0 bridgehead atoms. The quantitative estimate of drug-likeness (QED) is 0.241. The summed E-state index contributed by atoms with van der Waals surface area (Å²) in [6, 6.07) is 18.8. The first kappa shape index (κ1) is 29.2. The van der Waals surface area contributed by atoms with E-state index in [-0.39, 0.29) is 31.9 Å². The second kappa shape index (κ2) is 11.0. The maximum Gasteiger partial charge on any atom is 0.282 e. The van der Waals surface area contributed by atoms with Crippen molar-refractivity contribution in [1.82, 2.24) is 29.7 Å². The standard InChI is InChI=1S/C27H17Cl2N9O4S2/c1-38-13-12-21(35-38)44(41,42)37-27-25(29)34-23-18(5-3-7-20(23)32-27)17-4-2-6-19-22(17)33-24(28)26(31-19)36-43(39,40)16-10-8-15(14-30)9-11-16/h2-13H,1H3,(H,31,36)(H,32,37). The van der Waals surface area contributed by atoms with Gasteiger partial charge in [-0.3, -0.25) is 14.1 Å². The molecule has 0 amide bonds. The van der Waals surface area contributed by atoms with E-state index >= 15 is 0 Å². The van der Waals surface area contributed by atoms with Crippen molar-refractivity contribution in [2.24, 2.45) is 7.05 Å². The van der Waals surface area contributed by atoms with Crippen molar-refractivity contribution in [3.63, 3.8) is 0 Å². The third-order valence-electron chi connectivity index (χ3n) is 6.32. The van der Waals surface area contributed by atoms with Crippen LogP contribution < -0.4 is 9.44 Å². The largest absolute Gasteiger partial charge is 0.282 e. The molecule has 0 atom stereocenters. The van der Waals surface area contributed by atoms with Gasteiger partial charge in [-0.15, -0.1) is 0 Å². The Morgan fingerprint density at radius 1 is 0.727 bits per heavy atom. The third-order valence-corrected chi connectivity index (χ3v) is 9.43. The smallest absolute Gasteiger partial charge is 0.274 e. The van der Waals surface area contributed by atoms with Crippen LogP contribution in [0.3, 0.4) is 0 Å². The highest BCUT2D eigenvalue weighted by molar-refractivity contribution is 7.93. The van der Waals surface area contributed by atoms with E-state index in [1.165, 1.54) is 41.2 Å². The minimum absolute atomic E-state index is 0.0869. The van der Waals surface area contributed by atoms with Gasteiger partial charge < -0.3 is 0 Å². The van der Waals surface area contributed by atoms with Crippen molar-refractivity contribution in [2.45, 2.75) is 9.92 Å². The molecule has 0 saturated heterocycles. The average molecular weight is 667 g/mol. The minimum atomic E-state index is -4.09. The van der Waals surface area contributed by atoms with Crippen LogP contribution in [0.2, 0.25) is 10.3 Å². The summed E-state index contributed by atoms with van der Waals surface area (Å²) < 4.78 is 57.5. The molecule has 3 aromatic heterocycles. The molecule has 2 N–H and O–H groups in total. The topological polar surface area (TPSA) is 186 Å². The first-order valence-corrected chi connectivity index (χ1v) is 16.2. The number of nitrogens with zero attached hydrogens (tertiary/aromatic N) is 7. The molecule has 6 aromatic rings. The van der Waals surface area contributed by atoms with Crippen LogP contribution >= 0.6 is 23.2 Å². The number of halogens is 2. The van der Waals surface area contributed by atoms with Crippen molar-refractivity contribution in [3.05, 3.63) is 88.8 Å². The van der Waals surface area contributed by atoms with Gasteiger partial charge in [-0.2, -0.15) is 18.8 Å². The predicted molar refractivity (Wildman–Crippen MR) is 164 cm³/mol. The molecule has 44 heavy (non-hydrogen) atoms. The molecule has 0 aliphatic heterocycles. The summed E-state index contributed by atoms with van der Waals surface area (Å²) in [4.78, 5) is 17.6. The van der Waals surface area contributed by atoms with E-state index < -0.39 is 20.0 Å². The Morgan fingerprint density at radius 2 is 1.25 bits per heavy atom. The summed E-state index contributed by atoms with van der Waals surface area (Å²) in [5.74, 6) is -0.367. The Morgan fingerprint density at radius 3 is 1.73 bits per heavy atom. The second-order valence-electron chi connectivity index (χ2n) is 9.25. The number of para-hydroxylation sites is 2. The highest BCUT2D eigenvalue weighted by atomic mass is 35.5. The van der Waals surface area contributed by atoms with Gasteiger partial charge in [0.2, 0.25) is 0 Å². The van der Waals surface area contributed by atoms with Gasteiger partial charge in [-0.1, -0.05) is 47.5 Å². The van der Waals surface area contributed by atoms with E-state index in [2.05, 4.69) is 34.5 Å². The zero-order chi connectivity index (χ0) is 31.2. The maximum absolute atomic E-state index is 13.0. The number of benzene rings is 3. The average Bonchev–Trinajstić information content (AvgIpc) is 3.44. The van der Waals surface area contributed by atoms with E-state index in [1.54, 1.807) is 43.4 Å². The lowest BCUT2D eigenvalue weighted by atomic mass is 10.0. The number of hydrogen-bond donors (Lipinski definition) is 2. The van der Waals surface area contributed by atoms with Crippen molar-refractivity contribution in [3.8, 4) is 17.2 Å². The summed E-state index contributed by atoms with van der Waals surface area (Å²) in [6.45, 7) is 0. The normalized spacial score (nSPS) is 11.9. The number of aromatic nitrogens is 6. The molecular weight excluding hydrogens is 649 g/mol. The van der Waals surface area contributed by atoms with E-state index in [0.29, 0.717) is 38.8 Å². The zero-order valence-electron chi connectivity index (χ0n) is 22.3. The molecule has 0 aliphatic carbocycles. The van der Waals surface area contributed by atoms with Gasteiger partial charge in [0.1, 0.15) is 0 Å². The fourth-order valence-corrected chi connectivity index (χ4v) is 6.74. The molecule has 0 saturated carbocycles. The Hall–Kier alpha value is -4.88. The van der Waals surface area contributed by atoms with Crippen molar-refractivity contribution in [2.75, 3.05) is 9.44 Å². The molecular formula is C27H17Cl2N9O4S2. The van der Waals surface area contributed by atoms with Crippen LogP contribution in [0.1, 0.15) is 5.56 Å². The number of sulfonamides is 2. The lowest BCUT2D eigenvalue weighted by Gasteiger charge is -2.13. The lowest BCUT2D eigenvalue weighted by Crippen LogP contribution is -2.15. The Bertz CT molecular complexity index is 2380. The number of rotatable bonds is 7. The molecule has 0 unspecified atom stereocenters. The van der Waals surface area contributed by atoms with Gasteiger partial charge in [-0.25, -0.2) is 28.4 Å². The summed E-state index contributed by atoms with van der Waals surface area (Å²) >= 11 is 12.8. The summed E-state index contributed by atoms with van der Waals surface area (Å²) in [7, 11) is -6.59. The lowest BCUT2D eigenvalue weighted by molar-refractivity contribution is 0.592. The van der Waals surface area contributed by atoms with Gasteiger partial charge in [0.05, 0.1) is 38.6 Å². The Labute approximate surface area is 260 Å². The molecule has 0 aliphatic rings. The molecule has 6 rings (SSSR count). The maximum atomic E-state index is 13.0. The molecule has 13 nitrogen and oxygen atoms in total. The molecule has 3 heterocycles. The number of aryl methyl sites for hydroxylation is 1. The van der Waals surface area contributed by atoms with Crippen LogP contribution in [0.15, 0.2) is 82.8 Å². The monoisotopic (exact) mass is 665 g/mol. The summed E-state index contributed by atoms with van der Waals surface area (Å²) in [5.41, 5.74) is 2.71. The molecule has 17 heteroatoms. The first-order chi connectivity index (χ1) is 20.9. The van der Waals surface area contributed by atoms with E-state index in [9.17, 15) is 16.8 Å². The summed E-state index contributed by atoms with van der Waals surface area (Å²) in [6.07, 6.45) is 1.49. The minimum Gasteiger partial charge on any atom is -0.274 e. The van der Waals surface area contributed by atoms with Gasteiger partial charge in [-0.05, 0) is 42.5 Å². The predicted octanol–water partition coefficient (Wildman–Crippen LogP) is 4.75. The van der Waals surface area contributed by atoms with Crippen LogP contribution in [-0.4, -0.2) is 46.6 Å². The molecule has 220 valence electrons. The van der Waals surface area contributed by atoms with Crippen molar-refractivity contribution >= 4 is 77.0 Å². The molecule has 0 radical (unpaired) electrons. The van der Waals surface area contributed by atoms with Crippen molar-refractivity contribution in [1.29, 1.82) is 5.26 Å². The van der Waals surface area contributed by atoms with Gasteiger partial charge in [0.15, 0.2) is 27.0 Å². The third kappa shape index (κ3) is 5.47. The zero-order valence-corrected chi connectivity index (χ0v) is 25.4. The molecule has 0 fully saturated rings. The Balaban J connectivity index is 1.39. The highest BCUT2D eigenvalue weighted by Gasteiger charge is 2.23. The highest BCUT2D eigenvalue weighted by Crippen LogP contribution is 2.35. The van der Waals surface area contributed by atoms with Crippen LogP contribution in [0.4, 0.5) is 11.6 Å². The Kier molecular flexibility index (Phi) is 7.30. The number of anilines is 2. The number of nitrogens with one attached hydrogen (secondary N) is 2. The van der Waals surface area contributed by atoms with Crippen molar-refractivity contribution < 1.29 is 16.8 Å². The first-order valence-electron chi connectivity index (χ1n) is 12.4. The van der Waals surface area contributed by atoms with Gasteiger partial charge in [0.25, 0.3) is 20.0 Å². The van der Waals surface area contributed by atoms with Crippen LogP contribution in [-0.2, 0) is 27.1 Å². The molecule has 3 aromatic carbocycles. The second-order valence-corrected chi connectivity index (χ2v) is 13.3. The fraction of sp³-hybridized carbons (Fsp3) is 0.0370. The molecule has 0 spiro atoms. The fourth-order valence-electron chi connectivity index (χ4n) is 4.29. The number of hydrogen-bond acceptors (Lipinski definition) is 10. The van der Waals surface area contributed by atoms with Crippen LogP contribution in [0.25, 0.3) is 33.2 Å². The van der Waals surface area contributed by atoms with Gasteiger partial charge in [0, 0.05) is 24.4 Å². The number of fused-ring (bicyclic) bond motifs is 2. The SMILES string of the molecule is Cn1ccc(S(=O)(=O)Nc2nc3cccc(-c4cccc5nc(NS(=O)(=O)c6ccc(C#N)cc6)c(Cl)nc45)c3nc2Cl)n1. The van der Waals surface area contributed by atoms with Crippen LogP contribution in [0.5, 0.6) is 0 Å².